The molecule has 0 unspecified atom stereocenters. The molecule has 0 radical (unpaired) electrons. The standard InChI is InChI=1S/C57H59ClF9N10O11PS/c1-53(2,3)87-89(82,88-54(4,5)6)86-27-85-52(81)68-26-55(7,8)24-42(79)77(90(10,83)84)50-44-35(58)16-17-39(46(44)74(9)73-50)76-49(71-37-21-29(14-15-32(37)51(76)80)36-12-11-13-40(69-36)57(65,66)67)38(20-28-18-30(59)22-31(60)19-28)70-41(78)25-75-47-43(45(72-75)48(61)62)33-23-34(33)56(47,63)64/h11-19,21-22,33-34,38,48H,20,23-27H2,1-10H3,(H,68,81)(H,70,78)/t33-,34+,38-/m0/s1. The van der Waals surface area contributed by atoms with Gasteiger partial charge in [-0.3, -0.25) is 37.4 Å². The third kappa shape index (κ3) is 14.3. The molecule has 0 saturated heterocycles. The summed E-state index contributed by atoms with van der Waals surface area (Å²) in [7, 11) is -7.77. The molecule has 2 N–H and O–H groups in total. The van der Waals surface area contributed by atoms with E-state index in [0.29, 0.717) is 21.3 Å². The van der Waals surface area contributed by atoms with E-state index in [4.69, 9.17) is 34.9 Å². The molecule has 3 aromatic carbocycles. The van der Waals surface area contributed by atoms with E-state index < -0.39 is 166 Å². The number of fused-ring (bicyclic) bond motifs is 5. The van der Waals surface area contributed by atoms with Crippen molar-refractivity contribution in [1.29, 1.82) is 0 Å². The van der Waals surface area contributed by atoms with Gasteiger partial charge >= 0.3 is 20.1 Å². The van der Waals surface area contributed by atoms with Gasteiger partial charge in [-0.1, -0.05) is 37.6 Å². The van der Waals surface area contributed by atoms with Gasteiger partial charge in [0, 0.05) is 49.5 Å². The van der Waals surface area contributed by atoms with Crippen molar-refractivity contribution in [2.45, 2.75) is 123 Å². The molecule has 1 saturated carbocycles. The summed E-state index contributed by atoms with van der Waals surface area (Å²) < 4.78 is 198. The van der Waals surface area contributed by atoms with Gasteiger partial charge in [-0.05, 0) is 113 Å². The molecule has 2 aliphatic carbocycles. The van der Waals surface area contributed by atoms with E-state index in [-0.39, 0.29) is 62.3 Å². The van der Waals surface area contributed by atoms with Crippen molar-refractivity contribution in [3.05, 3.63) is 128 Å². The van der Waals surface area contributed by atoms with Crippen LogP contribution in [0, 0.1) is 23.0 Å². The van der Waals surface area contributed by atoms with Gasteiger partial charge in [0.25, 0.3) is 17.9 Å². The Morgan fingerprint density at radius 2 is 1.57 bits per heavy atom. The summed E-state index contributed by atoms with van der Waals surface area (Å²) in [6.45, 7) is 10.1. The molecule has 21 nitrogen and oxygen atoms in total. The number of nitrogens with zero attached hydrogens (tertiary/aromatic N) is 8. The fourth-order valence-electron chi connectivity index (χ4n) is 10.6. The van der Waals surface area contributed by atoms with Crippen molar-refractivity contribution in [2.24, 2.45) is 18.4 Å². The summed E-state index contributed by atoms with van der Waals surface area (Å²) in [4.78, 5) is 66.0. The number of carbonyl (C=O) groups excluding carboxylic acids is 3. The molecule has 33 heteroatoms. The smallest absolute Gasteiger partial charge is 0.422 e. The van der Waals surface area contributed by atoms with Crippen LogP contribution < -0.4 is 20.5 Å². The summed E-state index contributed by atoms with van der Waals surface area (Å²) in [5, 5.41) is 12.3. The van der Waals surface area contributed by atoms with Gasteiger partial charge in [0.15, 0.2) is 5.82 Å². The Hall–Kier alpha value is -7.44. The zero-order valence-corrected chi connectivity index (χ0v) is 52.1. The van der Waals surface area contributed by atoms with Gasteiger partial charge in [0.05, 0.1) is 61.7 Å². The molecule has 3 atom stereocenters. The first-order valence-corrected chi connectivity index (χ1v) is 31.1. The van der Waals surface area contributed by atoms with E-state index in [1.165, 1.54) is 57.3 Å². The third-order valence-corrected chi connectivity index (χ3v) is 17.4. The molecule has 1 fully saturated rings. The first kappa shape index (κ1) is 67.0. The van der Waals surface area contributed by atoms with Crippen LogP contribution in [0.3, 0.4) is 0 Å². The topological polar surface area (TPSA) is 250 Å². The zero-order chi connectivity index (χ0) is 66.3. The van der Waals surface area contributed by atoms with Crippen LogP contribution in [0.5, 0.6) is 0 Å². The lowest BCUT2D eigenvalue weighted by atomic mass is 9.89. The summed E-state index contributed by atoms with van der Waals surface area (Å²) in [5.41, 5.74) is -9.24. The molecule has 0 spiro atoms. The highest BCUT2D eigenvalue weighted by Gasteiger charge is 2.67. The number of carbonyl (C=O) groups is 3. The molecular weight excluding hydrogens is 1270 g/mol. The molecule has 3 amide bonds. The lowest BCUT2D eigenvalue weighted by Gasteiger charge is -2.30. The monoisotopic (exact) mass is 1330 g/mol. The second-order valence-corrected chi connectivity index (χ2v) is 28.2. The van der Waals surface area contributed by atoms with Crippen molar-refractivity contribution < 1.29 is 85.2 Å². The quantitative estimate of drug-likeness (QED) is 0.0409. The Labute approximate surface area is 512 Å². The van der Waals surface area contributed by atoms with Crippen LogP contribution in [0.2, 0.25) is 5.02 Å². The van der Waals surface area contributed by atoms with Crippen LogP contribution >= 0.6 is 19.4 Å². The lowest BCUT2D eigenvalue weighted by Crippen LogP contribution is -2.42. The van der Waals surface area contributed by atoms with Crippen LogP contribution in [0.1, 0.15) is 121 Å². The number of anilines is 1. The maximum atomic E-state index is 15.8. The first-order valence-electron chi connectivity index (χ1n) is 27.4. The molecule has 0 bridgehead atoms. The number of hydrogen-bond acceptors (Lipinski definition) is 15. The number of ether oxygens (including phenoxy) is 1. The van der Waals surface area contributed by atoms with Gasteiger partial charge in [0.1, 0.15) is 41.1 Å². The average molecular weight is 1330 g/mol. The summed E-state index contributed by atoms with van der Waals surface area (Å²) >= 11 is 6.91. The van der Waals surface area contributed by atoms with Crippen LogP contribution in [-0.2, 0) is 74.6 Å². The Morgan fingerprint density at radius 3 is 2.18 bits per heavy atom. The van der Waals surface area contributed by atoms with Gasteiger partial charge in [-0.15, -0.1) is 0 Å². The fraction of sp³-hybridized carbons (Fsp3) is 0.439. The maximum Gasteiger partial charge on any atom is 0.478 e. The van der Waals surface area contributed by atoms with Gasteiger partial charge in [0.2, 0.25) is 28.6 Å². The molecule has 0 aliphatic heterocycles. The molecule has 2 aliphatic rings. The average Bonchev–Trinajstić information content (AvgIpc) is 1.51. The highest BCUT2D eigenvalue weighted by Crippen LogP contribution is 2.68. The lowest BCUT2D eigenvalue weighted by molar-refractivity contribution is -0.141. The predicted molar refractivity (Wildman–Crippen MR) is 308 cm³/mol. The number of rotatable bonds is 20. The summed E-state index contributed by atoms with van der Waals surface area (Å²) in [6, 6.07) is 9.43. The number of halogens is 10. The van der Waals surface area contributed by atoms with Crippen LogP contribution in [0.4, 0.5) is 50.1 Å². The molecule has 9 rings (SSSR count). The van der Waals surface area contributed by atoms with Gasteiger partial charge in [-0.2, -0.15) is 36.5 Å². The third-order valence-electron chi connectivity index (χ3n) is 14.1. The van der Waals surface area contributed by atoms with Crippen molar-refractivity contribution in [3.8, 4) is 16.9 Å². The van der Waals surface area contributed by atoms with E-state index in [1.54, 1.807) is 41.5 Å². The highest BCUT2D eigenvalue weighted by atomic mass is 35.5. The number of benzene rings is 3. The van der Waals surface area contributed by atoms with Crippen LogP contribution in [-0.4, -0.2) is 91.2 Å². The number of phosphoric ester groups is 1. The minimum absolute atomic E-state index is 0.0280. The Balaban J connectivity index is 1.13. The van der Waals surface area contributed by atoms with Crippen molar-refractivity contribution in [1.82, 2.24) is 44.7 Å². The molecule has 484 valence electrons. The molecule has 4 heterocycles. The number of pyridine rings is 1. The number of nitrogens with one attached hydrogen (secondary N) is 2. The normalized spacial score (nSPS) is 16.3. The number of aromatic nitrogens is 7. The summed E-state index contributed by atoms with van der Waals surface area (Å²) in [5.74, 6) is -11.8. The molecule has 4 aromatic heterocycles. The Bertz CT molecular complexity index is 4220. The van der Waals surface area contributed by atoms with E-state index in [9.17, 15) is 49.3 Å². The molecular formula is C57H59ClF9N10O11PS. The van der Waals surface area contributed by atoms with Crippen molar-refractivity contribution in [3.63, 3.8) is 0 Å². The predicted octanol–water partition coefficient (Wildman–Crippen LogP) is 11.9. The number of alkyl halides is 7. The van der Waals surface area contributed by atoms with Gasteiger partial charge in [-0.25, -0.2) is 49.8 Å². The van der Waals surface area contributed by atoms with E-state index in [0.717, 1.165) is 33.5 Å². The SMILES string of the molecule is Cn1nc(N(C(=O)CC(C)(C)CNC(=O)OCOP(=O)(OC(C)(C)C)OC(C)(C)C)S(C)(=O)=O)c2c(Cl)ccc(-n3c([C@H](Cc4cc(F)cc(F)c4)NC(=O)Cn4nc(C(F)F)c5c4C(F)(F)[C@@H]4C[C@H]54)nc4cc(-c5cccc(C(F)(F)F)n5)ccc4c3=O)c21. The van der Waals surface area contributed by atoms with E-state index in [2.05, 4.69) is 25.8 Å². The first-order chi connectivity index (χ1) is 41.5. The number of aryl methyl sites for hydroxylation is 1. The van der Waals surface area contributed by atoms with Crippen molar-refractivity contribution in [2.75, 3.05) is 23.9 Å². The second-order valence-electron chi connectivity index (χ2n) is 24.4. The number of amides is 3. The van der Waals surface area contributed by atoms with Crippen LogP contribution in [0.15, 0.2) is 71.5 Å². The highest BCUT2D eigenvalue weighted by molar-refractivity contribution is 7.92. The van der Waals surface area contributed by atoms with E-state index in [1.807, 2.05) is 0 Å². The number of hydrogen-bond donors (Lipinski definition) is 2. The van der Waals surface area contributed by atoms with E-state index >= 15 is 22.4 Å². The number of sulfonamides is 1. The van der Waals surface area contributed by atoms with Gasteiger partial charge < -0.3 is 15.4 Å². The largest absolute Gasteiger partial charge is 0.478 e. The fourth-order valence-corrected chi connectivity index (χ4v) is 13.4. The number of alkyl carbamates (subject to hydrolysis) is 1. The molecule has 7 aromatic rings. The Kier molecular flexibility index (Phi) is 17.8. The van der Waals surface area contributed by atoms with Crippen LogP contribution in [0.25, 0.3) is 38.8 Å². The second kappa shape index (κ2) is 24.0. The zero-order valence-electron chi connectivity index (χ0n) is 49.6. The summed E-state index contributed by atoms with van der Waals surface area (Å²) in [6.07, 6.45) is -10.1. The minimum atomic E-state index is -4.90. The molecule has 90 heavy (non-hydrogen) atoms. The maximum absolute atomic E-state index is 15.8. The number of phosphoric acid groups is 1. The Morgan fingerprint density at radius 1 is 0.911 bits per heavy atom. The van der Waals surface area contributed by atoms with Crippen molar-refractivity contribution >= 4 is 75.0 Å². The minimum Gasteiger partial charge on any atom is -0.422 e.